The quantitative estimate of drug-likeness (QED) is 0.262. The summed E-state index contributed by atoms with van der Waals surface area (Å²) < 4.78 is 0. The van der Waals surface area contributed by atoms with Crippen LogP contribution in [0.4, 0.5) is 11.4 Å². The molecule has 2 N–H and O–H groups in total. The second kappa shape index (κ2) is 19.6. The second-order valence-corrected chi connectivity index (χ2v) is 13.6. The maximum absolute atomic E-state index is 10.8. The molecule has 3 rings (SSSR count). The van der Waals surface area contributed by atoms with Crippen molar-refractivity contribution in [1.29, 1.82) is 0 Å². The van der Waals surface area contributed by atoms with Crippen LogP contribution in [0.5, 0.6) is 11.5 Å². The van der Waals surface area contributed by atoms with E-state index in [1.165, 1.54) is 11.1 Å². The average Bonchev–Trinajstić information content (AvgIpc) is 2.91. The number of hydrogen-bond acceptors (Lipinski definition) is 8. The Bertz CT molecular complexity index is 1410. The van der Waals surface area contributed by atoms with E-state index >= 15 is 0 Å². The Kier molecular flexibility index (Phi) is 18.0. The zero-order valence-corrected chi connectivity index (χ0v) is 30.4. The normalized spacial score (nSPS) is 11.3. The van der Waals surface area contributed by atoms with Crippen LogP contribution in [0.2, 0.25) is 0 Å². The minimum absolute atomic E-state index is 0. The minimum atomic E-state index is -1.08. The summed E-state index contributed by atoms with van der Waals surface area (Å²) in [6.45, 7) is 19.4. The molecule has 257 valence electrons. The zero-order valence-electron chi connectivity index (χ0n) is 29.4. The number of carboxylic acid groups (broad SMARTS) is 2. The number of nitrogens with zero attached hydrogens (tertiary/aromatic N) is 2. The smallest absolute Gasteiger partial charge is 0.550 e. The van der Waals surface area contributed by atoms with Gasteiger partial charge in [-0.1, -0.05) is 73.6 Å². The molecule has 0 atom stereocenters. The number of aryl methyl sites for hydroxylation is 2. The van der Waals surface area contributed by atoms with Crippen molar-refractivity contribution in [2.24, 2.45) is 20.8 Å². The fraction of sp³-hybridized carbons (Fsp3) is 0.421. The Labute approximate surface area is 290 Å². The topological polar surface area (TPSA) is 145 Å². The van der Waals surface area contributed by atoms with Gasteiger partial charge < -0.3 is 30.0 Å². The molecule has 0 aromatic heterocycles. The number of aromatic hydroxyl groups is 2. The fourth-order valence-corrected chi connectivity index (χ4v) is 4.68. The second-order valence-electron chi connectivity index (χ2n) is 13.6. The molecule has 9 heteroatoms. The van der Waals surface area contributed by atoms with E-state index in [1.807, 2.05) is 36.4 Å². The largest absolute Gasteiger partial charge is 2.00 e. The van der Waals surface area contributed by atoms with E-state index in [2.05, 4.69) is 77.5 Å². The van der Waals surface area contributed by atoms with Gasteiger partial charge in [0, 0.05) is 35.5 Å². The first-order chi connectivity index (χ1) is 21.2. The molecule has 0 fully saturated rings. The molecule has 0 bridgehead atoms. The molecule has 47 heavy (non-hydrogen) atoms. The van der Waals surface area contributed by atoms with Gasteiger partial charge in [-0.15, -0.1) is 0 Å². The Morgan fingerprint density at radius 2 is 1.00 bits per heavy atom. The molecule has 0 spiro atoms. The van der Waals surface area contributed by atoms with Crippen LogP contribution >= 0.6 is 0 Å². The third-order valence-corrected chi connectivity index (χ3v) is 6.32. The molecule has 0 aliphatic rings. The van der Waals surface area contributed by atoms with Gasteiger partial charge >= 0.3 is 16.8 Å². The van der Waals surface area contributed by atoms with E-state index in [-0.39, 0.29) is 27.6 Å². The summed E-state index contributed by atoms with van der Waals surface area (Å²) in [6, 6.07) is 15.9. The predicted octanol–water partition coefficient (Wildman–Crippen LogP) is 6.41. The summed E-state index contributed by atoms with van der Waals surface area (Å²) in [6.07, 6.45) is 6.85. The number of aliphatic carboxylic acids is 2. The molecule has 0 aliphatic carbocycles. The van der Waals surface area contributed by atoms with Crippen LogP contribution in [0.3, 0.4) is 0 Å². The minimum Gasteiger partial charge on any atom is -0.550 e. The SMILES string of the molecule is CC(=O)[O-].CC(=O)[O-].CCc1cc(CC(C)(C)C)cc(C=Nc2cccc(N=Cc3cc(CC(C)(C)C)cc(CC)c3O)c2)c1O.[Co+2]. The van der Waals surface area contributed by atoms with Crippen LogP contribution in [-0.4, -0.2) is 34.6 Å². The van der Waals surface area contributed by atoms with E-state index in [0.717, 1.165) is 73.2 Å². The van der Waals surface area contributed by atoms with Crippen LogP contribution in [0.25, 0.3) is 0 Å². The van der Waals surface area contributed by atoms with Gasteiger partial charge in [0.1, 0.15) is 11.5 Å². The van der Waals surface area contributed by atoms with Gasteiger partial charge in [-0.2, -0.15) is 0 Å². The molecule has 3 aromatic carbocycles. The number of carbonyl (C=O) groups is 2. The number of aliphatic imine (C=N–C) groups is 2. The van der Waals surface area contributed by atoms with E-state index in [1.54, 1.807) is 12.4 Å². The maximum atomic E-state index is 10.8. The maximum Gasteiger partial charge on any atom is 2.00 e. The number of benzene rings is 3. The summed E-state index contributed by atoms with van der Waals surface area (Å²) in [4.78, 5) is 27.1. The molecule has 0 heterocycles. The Hall–Kier alpha value is -3.95. The van der Waals surface area contributed by atoms with Crippen molar-refractivity contribution in [1.82, 2.24) is 0 Å². The summed E-state index contributed by atoms with van der Waals surface area (Å²) >= 11 is 0. The van der Waals surface area contributed by atoms with Crippen LogP contribution in [-0.2, 0) is 52.1 Å². The monoisotopic (exact) mass is 689 g/mol. The number of carbonyl (C=O) groups excluding carboxylic acids is 2. The first kappa shape index (κ1) is 43.0. The van der Waals surface area contributed by atoms with Gasteiger partial charge in [-0.3, -0.25) is 9.98 Å². The van der Waals surface area contributed by atoms with Gasteiger partial charge in [-0.05, 0) is 103 Å². The van der Waals surface area contributed by atoms with Crippen molar-refractivity contribution in [3.8, 4) is 11.5 Å². The first-order valence-corrected chi connectivity index (χ1v) is 15.5. The summed E-state index contributed by atoms with van der Waals surface area (Å²) in [5.74, 6) is -1.58. The molecular formula is C38H50CoN2O6. The van der Waals surface area contributed by atoms with Gasteiger partial charge in [0.05, 0.1) is 11.4 Å². The van der Waals surface area contributed by atoms with Crippen LogP contribution in [0, 0.1) is 10.8 Å². The molecule has 0 unspecified atom stereocenters. The van der Waals surface area contributed by atoms with Crippen LogP contribution in [0.1, 0.15) is 103 Å². The average molecular weight is 690 g/mol. The third-order valence-electron chi connectivity index (χ3n) is 6.32. The van der Waals surface area contributed by atoms with Gasteiger partial charge in [-0.25, -0.2) is 0 Å². The Morgan fingerprint density at radius 3 is 1.28 bits per heavy atom. The van der Waals surface area contributed by atoms with Crippen LogP contribution < -0.4 is 10.2 Å². The van der Waals surface area contributed by atoms with Gasteiger partial charge in [0.2, 0.25) is 0 Å². The fourth-order valence-electron chi connectivity index (χ4n) is 4.68. The third kappa shape index (κ3) is 17.5. The number of phenolic OH excluding ortho intramolecular Hbond substituents is 2. The van der Waals surface area contributed by atoms with Crippen molar-refractivity contribution < 1.29 is 46.8 Å². The summed E-state index contributed by atoms with van der Waals surface area (Å²) in [7, 11) is 0. The Morgan fingerprint density at radius 1 is 0.681 bits per heavy atom. The first-order valence-electron chi connectivity index (χ1n) is 15.5. The number of rotatable bonds is 8. The molecule has 3 aromatic rings. The molecular weight excluding hydrogens is 639 g/mol. The van der Waals surface area contributed by atoms with Gasteiger partial charge in [0.25, 0.3) is 0 Å². The summed E-state index contributed by atoms with van der Waals surface area (Å²) in [5.41, 5.74) is 7.53. The molecule has 0 saturated heterocycles. The number of carboxylic acids is 2. The molecule has 1 radical (unpaired) electrons. The van der Waals surface area contributed by atoms with E-state index in [4.69, 9.17) is 19.8 Å². The van der Waals surface area contributed by atoms with Crippen molar-refractivity contribution in [3.63, 3.8) is 0 Å². The summed E-state index contributed by atoms with van der Waals surface area (Å²) in [5, 5.41) is 39.3. The molecule has 0 amide bonds. The molecule has 0 aliphatic heterocycles. The standard InChI is InChI=1S/C34H44N2O2.2C2H4O2.Co/c1-9-25-14-23(19-33(3,4)5)16-27(31(25)37)21-35-29-12-11-13-30(18-29)36-22-28-17-24(20-34(6,7)8)15-26(10-2)32(28)38;2*1-2(3)4;/h11-18,21-22,37-38H,9-10,19-20H2,1-8H3;2*1H3,(H,3,4);/q;;;+2/p-2. The predicted molar refractivity (Wildman–Crippen MR) is 184 cm³/mol. The van der Waals surface area contributed by atoms with Crippen LogP contribution in [0.15, 0.2) is 58.5 Å². The molecule has 0 saturated carbocycles. The van der Waals surface area contributed by atoms with Crippen molar-refractivity contribution in [3.05, 3.63) is 81.9 Å². The van der Waals surface area contributed by atoms with Crippen molar-refractivity contribution >= 4 is 35.7 Å². The van der Waals surface area contributed by atoms with E-state index < -0.39 is 11.9 Å². The Balaban J connectivity index is 0.00000211. The van der Waals surface area contributed by atoms with Crippen molar-refractivity contribution in [2.75, 3.05) is 0 Å². The van der Waals surface area contributed by atoms with Crippen molar-refractivity contribution in [2.45, 2.75) is 94.9 Å². The van der Waals surface area contributed by atoms with E-state index in [0.29, 0.717) is 11.5 Å². The van der Waals surface area contributed by atoms with E-state index in [9.17, 15) is 10.2 Å². The number of hydrogen-bond donors (Lipinski definition) is 2. The zero-order chi connectivity index (χ0) is 35.2. The number of phenols is 2. The molecule has 8 nitrogen and oxygen atoms in total. The van der Waals surface area contributed by atoms with Gasteiger partial charge in [0.15, 0.2) is 0 Å².